The number of benzene rings is 2. The number of carbonyl (C=O) groups excluding carboxylic acids is 1. The normalized spacial score (nSPS) is 16.2. The highest BCUT2D eigenvalue weighted by Crippen LogP contribution is 2.26. The molecule has 118 valence electrons. The van der Waals surface area contributed by atoms with Crippen molar-refractivity contribution in [2.24, 2.45) is 0 Å². The summed E-state index contributed by atoms with van der Waals surface area (Å²) < 4.78 is 5.75. The van der Waals surface area contributed by atoms with Gasteiger partial charge in [0.15, 0.2) is 5.11 Å². The molecule has 5 heteroatoms. The Morgan fingerprint density at radius 2 is 1.88 bits per heavy atom. The molecule has 4 rings (SSSR count). The molecule has 0 bridgehead atoms. The summed E-state index contributed by atoms with van der Waals surface area (Å²) in [6.45, 7) is 1.95. The summed E-state index contributed by atoms with van der Waals surface area (Å²) in [6.07, 6.45) is 1.69. The fourth-order valence-electron chi connectivity index (χ4n) is 2.78. The molecule has 1 amide bonds. The topological polar surface area (TPSA) is 45.5 Å². The van der Waals surface area contributed by atoms with Crippen molar-refractivity contribution in [1.29, 1.82) is 0 Å². The van der Waals surface area contributed by atoms with E-state index in [2.05, 4.69) is 5.32 Å². The summed E-state index contributed by atoms with van der Waals surface area (Å²) in [5, 5.41) is 4.35. The lowest BCUT2D eigenvalue weighted by molar-refractivity contribution is -0.113. The predicted molar refractivity (Wildman–Crippen MR) is 98.6 cm³/mol. The lowest BCUT2D eigenvalue weighted by Crippen LogP contribution is -2.30. The SMILES string of the molecule is Cc1ccccc1N1C(=O)/C(=C\c2cc3ccccc3o2)NC1=S. The van der Waals surface area contributed by atoms with Crippen molar-refractivity contribution < 1.29 is 9.21 Å². The van der Waals surface area contributed by atoms with Crippen LogP contribution in [-0.4, -0.2) is 11.0 Å². The molecule has 2 aromatic carbocycles. The van der Waals surface area contributed by atoms with Gasteiger partial charge in [0.05, 0.1) is 5.69 Å². The van der Waals surface area contributed by atoms with Crippen LogP contribution in [0.4, 0.5) is 5.69 Å². The standard InChI is InChI=1S/C19H14N2O2S/c1-12-6-2-4-8-16(12)21-18(22)15(20-19(21)24)11-14-10-13-7-3-5-9-17(13)23-14/h2-11H,1H3,(H,20,24)/b15-11+. The van der Waals surface area contributed by atoms with Crippen molar-refractivity contribution in [2.75, 3.05) is 4.90 Å². The summed E-state index contributed by atoms with van der Waals surface area (Å²) in [6, 6.07) is 17.3. The predicted octanol–water partition coefficient (Wildman–Crippen LogP) is 4.00. The maximum atomic E-state index is 12.8. The van der Waals surface area contributed by atoms with Crippen molar-refractivity contribution >= 4 is 46.0 Å². The maximum absolute atomic E-state index is 12.8. The van der Waals surface area contributed by atoms with Crippen LogP contribution in [-0.2, 0) is 4.79 Å². The van der Waals surface area contributed by atoms with E-state index >= 15 is 0 Å². The minimum atomic E-state index is -0.185. The smallest absolute Gasteiger partial charge is 0.281 e. The number of para-hydroxylation sites is 2. The van der Waals surface area contributed by atoms with E-state index in [4.69, 9.17) is 16.6 Å². The zero-order chi connectivity index (χ0) is 16.7. The molecule has 0 spiro atoms. The number of hydrogen-bond donors (Lipinski definition) is 1. The number of thiocarbonyl (C=S) groups is 1. The van der Waals surface area contributed by atoms with Gasteiger partial charge in [0, 0.05) is 11.5 Å². The van der Waals surface area contributed by atoms with Crippen molar-refractivity contribution in [3.8, 4) is 0 Å². The van der Waals surface area contributed by atoms with Crippen LogP contribution in [0.3, 0.4) is 0 Å². The molecular formula is C19H14N2O2S. The number of anilines is 1. The van der Waals surface area contributed by atoms with Crippen molar-refractivity contribution in [3.63, 3.8) is 0 Å². The second-order valence-corrected chi connectivity index (χ2v) is 5.99. The van der Waals surface area contributed by atoms with Gasteiger partial charge < -0.3 is 9.73 Å². The fourth-order valence-corrected chi connectivity index (χ4v) is 3.08. The summed E-state index contributed by atoms with van der Waals surface area (Å²) in [5.41, 5.74) is 2.96. The van der Waals surface area contributed by atoms with E-state index in [1.54, 1.807) is 6.08 Å². The van der Waals surface area contributed by atoms with Crippen LogP contribution in [0.5, 0.6) is 0 Å². The number of rotatable bonds is 2. The van der Waals surface area contributed by atoms with Crippen LogP contribution in [0.2, 0.25) is 0 Å². The van der Waals surface area contributed by atoms with Crippen LogP contribution >= 0.6 is 12.2 Å². The molecule has 2 heterocycles. The van der Waals surface area contributed by atoms with Crippen molar-refractivity contribution in [3.05, 3.63) is 71.6 Å². The summed E-state index contributed by atoms with van der Waals surface area (Å²) in [4.78, 5) is 14.3. The number of aryl methyl sites for hydroxylation is 1. The largest absolute Gasteiger partial charge is 0.457 e. The highest BCUT2D eigenvalue weighted by molar-refractivity contribution is 7.80. The highest BCUT2D eigenvalue weighted by Gasteiger charge is 2.32. The Labute approximate surface area is 144 Å². The molecule has 4 nitrogen and oxygen atoms in total. The van der Waals surface area contributed by atoms with Gasteiger partial charge in [-0.1, -0.05) is 36.4 Å². The number of nitrogens with one attached hydrogen (secondary N) is 1. The molecule has 24 heavy (non-hydrogen) atoms. The lowest BCUT2D eigenvalue weighted by Gasteiger charge is -2.16. The lowest BCUT2D eigenvalue weighted by atomic mass is 10.2. The summed E-state index contributed by atoms with van der Waals surface area (Å²) >= 11 is 5.34. The molecule has 0 unspecified atom stereocenters. The summed E-state index contributed by atoms with van der Waals surface area (Å²) in [5.74, 6) is 0.427. The van der Waals surface area contributed by atoms with E-state index < -0.39 is 0 Å². The third kappa shape index (κ3) is 2.39. The molecule has 1 aliphatic rings. The Morgan fingerprint density at radius 1 is 1.12 bits per heavy atom. The minimum absolute atomic E-state index is 0.185. The molecule has 1 saturated heterocycles. The quantitative estimate of drug-likeness (QED) is 0.568. The third-order valence-corrected chi connectivity index (χ3v) is 4.25. The molecule has 1 aromatic heterocycles. The van der Waals surface area contributed by atoms with Crippen LogP contribution in [0.25, 0.3) is 17.0 Å². The van der Waals surface area contributed by atoms with Gasteiger partial charge in [-0.05, 0) is 42.9 Å². The van der Waals surface area contributed by atoms with Gasteiger partial charge in [0.1, 0.15) is 17.0 Å². The molecule has 1 fully saturated rings. The molecule has 0 atom stereocenters. The van der Waals surface area contributed by atoms with E-state index in [1.165, 1.54) is 4.90 Å². The van der Waals surface area contributed by atoms with Crippen LogP contribution in [0, 0.1) is 6.92 Å². The summed E-state index contributed by atoms with van der Waals surface area (Å²) in [7, 11) is 0. The first-order valence-corrected chi connectivity index (χ1v) is 7.95. The Balaban J connectivity index is 1.71. The fraction of sp³-hybridized carbons (Fsp3) is 0.0526. The zero-order valence-electron chi connectivity index (χ0n) is 12.9. The number of furan rings is 1. The van der Waals surface area contributed by atoms with Crippen LogP contribution in [0.15, 0.2) is 64.7 Å². The van der Waals surface area contributed by atoms with Crippen molar-refractivity contribution in [2.45, 2.75) is 6.92 Å². The van der Waals surface area contributed by atoms with Gasteiger partial charge in [-0.2, -0.15) is 0 Å². The molecule has 0 radical (unpaired) electrons. The second-order valence-electron chi connectivity index (χ2n) is 5.60. The third-order valence-electron chi connectivity index (χ3n) is 3.97. The van der Waals surface area contributed by atoms with E-state index in [9.17, 15) is 4.79 Å². The second kappa shape index (κ2) is 5.62. The zero-order valence-corrected chi connectivity index (χ0v) is 13.8. The first-order chi connectivity index (χ1) is 11.6. The monoisotopic (exact) mass is 334 g/mol. The Hall–Kier alpha value is -2.92. The Bertz CT molecular complexity index is 970. The molecule has 1 aliphatic heterocycles. The average Bonchev–Trinajstić information content (AvgIpc) is 3.09. The number of carbonyl (C=O) groups is 1. The number of amides is 1. The Kier molecular flexibility index (Phi) is 3.43. The molecular weight excluding hydrogens is 320 g/mol. The van der Waals surface area contributed by atoms with Crippen LogP contribution < -0.4 is 10.2 Å². The van der Waals surface area contributed by atoms with Gasteiger partial charge in [0.25, 0.3) is 5.91 Å². The van der Waals surface area contributed by atoms with Gasteiger partial charge >= 0.3 is 0 Å². The molecule has 3 aromatic rings. The van der Waals surface area contributed by atoms with Crippen molar-refractivity contribution in [1.82, 2.24) is 5.32 Å². The number of hydrogen-bond acceptors (Lipinski definition) is 3. The van der Waals surface area contributed by atoms with Gasteiger partial charge in [-0.25, -0.2) is 0 Å². The number of nitrogens with zero attached hydrogens (tertiary/aromatic N) is 1. The van der Waals surface area contributed by atoms with Gasteiger partial charge in [-0.15, -0.1) is 0 Å². The van der Waals surface area contributed by atoms with E-state index in [0.717, 1.165) is 22.2 Å². The van der Waals surface area contributed by atoms with Gasteiger partial charge in [-0.3, -0.25) is 9.69 Å². The van der Waals surface area contributed by atoms with Gasteiger partial charge in [0.2, 0.25) is 0 Å². The van der Waals surface area contributed by atoms with E-state index in [1.807, 2.05) is 61.5 Å². The minimum Gasteiger partial charge on any atom is -0.457 e. The first kappa shape index (κ1) is 14.7. The number of fused-ring (bicyclic) bond motifs is 1. The van der Waals surface area contributed by atoms with E-state index in [0.29, 0.717) is 16.6 Å². The highest BCUT2D eigenvalue weighted by atomic mass is 32.1. The molecule has 1 N–H and O–H groups in total. The average molecular weight is 334 g/mol. The maximum Gasteiger partial charge on any atom is 0.281 e. The Morgan fingerprint density at radius 3 is 2.67 bits per heavy atom. The first-order valence-electron chi connectivity index (χ1n) is 7.55. The van der Waals surface area contributed by atoms with Crippen LogP contribution in [0.1, 0.15) is 11.3 Å². The molecule has 0 saturated carbocycles. The van der Waals surface area contributed by atoms with E-state index in [-0.39, 0.29) is 5.91 Å². The molecule has 0 aliphatic carbocycles.